The number of hydrogen-bond donors (Lipinski definition) is 3. The fourth-order valence-electron chi connectivity index (χ4n) is 13.3. The molecule has 3 N–H and O–H groups in total. The quantitative estimate of drug-likeness (QED) is 0.0222. The molecule has 0 spiro atoms. The number of phosphoric ester groups is 2. The van der Waals surface area contributed by atoms with Crippen molar-refractivity contribution in [3.8, 4) is 0 Å². The van der Waals surface area contributed by atoms with E-state index in [1.807, 2.05) is 0 Å². The zero-order chi connectivity index (χ0) is 77.2. The van der Waals surface area contributed by atoms with Gasteiger partial charge in [-0.05, 0) is 43.4 Å². The highest BCUT2D eigenvalue weighted by Gasteiger charge is 2.30. The lowest BCUT2D eigenvalue weighted by Gasteiger charge is -2.21. The Morgan fingerprint density at radius 2 is 0.486 bits per heavy atom. The molecule has 6 atom stereocenters. The molecule has 0 saturated carbocycles. The molecule has 0 aromatic rings. The molecule has 624 valence electrons. The Morgan fingerprint density at radius 3 is 0.724 bits per heavy atom. The SMILES string of the molecule is CCCCCCCCCCCCCCCCCCCCCCCCC(=O)O[C@H](COC(=O)CCCCCCCCCCCCCCCC(C)C)COP(=O)(O)OC[C@@H](O)COP(=O)(O)OC[C@@H](COC(=O)CCCCCCCCCCC(C)CC)OC(=O)CCCCCCCCCCCCCCC(C)C. The van der Waals surface area contributed by atoms with Crippen LogP contribution in [0.5, 0.6) is 0 Å². The molecule has 0 aliphatic heterocycles. The first-order valence-corrected chi connectivity index (χ1v) is 47.4. The van der Waals surface area contributed by atoms with E-state index in [-0.39, 0.29) is 25.7 Å². The highest BCUT2D eigenvalue weighted by atomic mass is 31.2. The summed E-state index contributed by atoms with van der Waals surface area (Å²) >= 11 is 0. The van der Waals surface area contributed by atoms with Crippen LogP contribution in [0.1, 0.15) is 453 Å². The second-order valence-electron chi connectivity index (χ2n) is 32.1. The Hall–Kier alpha value is -1.94. The number of carbonyl (C=O) groups excluding carboxylic acids is 4. The molecule has 0 rings (SSSR count). The van der Waals surface area contributed by atoms with Gasteiger partial charge in [-0.3, -0.25) is 37.3 Å². The van der Waals surface area contributed by atoms with Gasteiger partial charge in [-0.15, -0.1) is 0 Å². The van der Waals surface area contributed by atoms with Crippen LogP contribution in [0, 0.1) is 17.8 Å². The third-order valence-corrected chi connectivity index (χ3v) is 22.4. The van der Waals surface area contributed by atoms with E-state index >= 15 is 0 Å². The van der Waals surface area contributed by atoms with Crippen LogP contribution >= 0.6 is 15.6 Å². The van der Waals surface area contributed by atoms with Gasteiger partial charge in [-0.1, -0.05) is 402 Å². The lowest BCUT2D eigenvalue weighted by molar-refractivity contribution is -0.161. The van der Waals surface area contributed by atoms with Crippen LogP contribution in [-0.4, -0.2) is 96.7 Å². The van der Waals surface area contributed by atoms with Gasteiger partial charge in [0.25, 0.3) is 0 Å². The third-order valence-electron chi connectivity index (χ3n) is 20.5. The number of aliphatic hydroxyl groups is 1. The minimum Gasteiger partial charge on any atom is -0.462 e. The zero-order valence-electron chi connectivity index (χ0n) is 69.2. The molecule has 17 nitrogen and oxygen atoms in total. The van der Waals surface area contributed by atoms with E-state index < -0.39 is 97.5 Å². The van der Waals surface area contributed by atoms with E-state index in [0.29, 0.717) is 25.7 Å². The third kappa shape index (κ3) is 78.5. The highest BCUT2D eigenvalue weighted by Crippen LogP contribution is 2.45. The molecule has 19 heteroatoms. The largest absolute Gasteiger partial charge is 0.472 e. The van der Waals surface area contributed by atoms with Gasteiger partial charge in [0, 0.05) is 25.7 Å². The number of carbonyl (C=O) groups is 4. The summed E-state index contributed by atoms with van der Waals surface area (Å²) in [5.74, 6) is 0.239. The normalized spacial score (nSPS) is 14.1. The smallest absolute Gasteiger partial charge is 0.462 e. The van der Waals surface area contributed by atoms with Gasteiger partial charge in [0.15, 0.2) is 12.2 Å². The Balaban J connectivity index is 5.24. The van der Waals surface area contributed by atoms with Crippen molar-refractivity contribution < 1.29 is 80.2 Å². The average Bonchev–Trinajstić information content (AvgIpc) is 0.916. The maximum atomic E-state index is 13.1. The van der Waals surface area contributed by atoms with E-state index in [1.54, 1.807) is 0 Å². The summed E-state index contributed by atoms with van der Waals surface area (Å²) < 4.78 is 68.9. The van der Waals surface area contributed by atoms with Crippen molar-refractivity contribution >= 4 is 39.5 Å². The molecule has 0 aromatic carbocycles. The van der Waals surface area contributed by atoms with E-state index in [0.717, 1.165) is 108 Å². The number of ether oxygens (including phenoxy) is 4. The summed E-state index contributed by atoms with van der Waals surface area (Å²) in [5.41, 5.74) is 0. The van der Waals surface area contributed by atoms with Crippen LogP contribution in [-0.2, 0) is 65.4 Å². The summed E-state index contributed by atoms with van der Waals surface area (Å²) in [4.78, 5) is 73.2. The lowest BCUT2D eigenvalue weighted by Crippen LogP contribution is -2.30. The molecule has 0 saturated heterocycles. The van der Waals surface area contributed by atoms with Crippen molar-refractivity contribution in [1.29, 1.82) is 0 Å². The standard InChI is InChI=1S/C86H168O17P2/c1-8-10-11-12-13-14-15-16-17-18-19-20-21-22-23-24-27-34-39-48-55-62-69-85(90)102-81(73-96-83(88)67-60-53-46-38-33-28-25-26-31-36-43-50-57-64-77(3)4)75-100-104(92,93)98-71-80(87)72-99-105(94,95)101-76-82(74-97-84(89)68-61-54-47-42-41-45-52-59-66-79(7)9-2)103-86(91)70-63-56-49-40-35-30-29-32-37-44-51-58-65-78(5)6/h77-82,87H,8-76H2,1-7H3,(H,92,93)(H,94,95)/t79?,80-,81-,82-/m1/s1. The number of unbranched alkanes of at least 4 members (excludes halogenated alkanes) is 51. The molecule has 105 heavy (non-hydrogen) atoms. The average molecular weight is 1540 g/mol. The molecule has 0 fully saturated rings. The first kappa shape index (κ1) is 103. The summed E-state index contributed by atoms with van der Waals surface area (Å²) in [5, 5.41) is 10.7. The van der Waals surface area contributed by atoms with Crippen molar-refractivity contribution in [2.45, 2.75) is 471 Å². The van der Waals surface area contributed by atoms with Gasteiger partial charge in [0.1, 0.15) is 19.3 Å². The van der Waals surface area contributed by atoms with E-state index in [2.05, 4.69) is 48.5 Å². The predicted molar refractivity (Wildman–Crippen MR) is 432 cm³/mol. The van der Waals surface area contributed by atoms with Crippen molar-refractivity contribution in [2.75, 3.05) is 39.6 Å². The van der Waals surface area contributed by atoms with E-state index in [9.17, 15) is 43.2 Å². The topological polar surface area (TPSA) is 237 Å². The van der Waals surface area contributed by atoms with Gasteiger partial charge in [0.2, 0.25) is 0 Å². The molecule has 0 aliphatic rings. The van der Waals surface area contributed by atoms with Crippen LogP contribution in [0.15, 0.2) is 0 Å². The summed E-state index contributed by atoms with van der Waals surface area (Å²) in [6.45, 7) is 12.0. The Labute approximate surface area is 645 Å². The Bertz CT molecular complexity index is 2030. The van der Waals surface area contributed by atoms with Crippen LogP contribution in [0.25, 0.3) is 0 Å². The molecular formula is C86H168O17P2. The van der Waals surface area contributed by atoms with Crippen molar-refractivity contribution in [2.24, 2.45) is 17.8 Å². The first-order chi connectivity index (χ1) is 50.8. The number of esters is 4. The van der Waals surface area contributed by atoms with Crippen LogP contribution in [0.4, 0.5) is 0 Å². The lowest BCUT2D eigenvalue weighted by atomic mass is 9.99. The Morgan fingerprint density at radius 1 is 0.276 bits per heavy atom. The van der Waals surface area contributed by atoms with Crippen LogP contribution in [0.3, 0.4) is 0 Å². The predicted octanol–water partition coefficient (Wildman–Crippen LogP) is 26.1. The van der Waals surface area contributed by atoms with Gasteiger partial charge in [-0.25, -0.2) is 9.13 Å². The molecule has 0 heterocycles. The monoisotopic (exact) mass is 1540 g/mol. The summed E-state index contributed by atoms with van der Waals surface area (Å²) in [6.07, 6.45) is 66.6. The van der Waals surface area contributed by atoms with Crippen LogP contribution < -0.4 is 0 Å². The number of rotatable bonds is 84. The summed E-state index contributed by atoms with van der Waals surface area (Å²) in [7, 11) is -9.93. The summed E-state index contributed by atoms with van der Waals surface area (Å²) in [6, 6.07) is 0. The van der Waals surface area contributed by atoms with Crippen molar-refractivity contribution in [3.05, 3.63) is 0 Å². The van der Waals surface area contributed by atoms with Gasteiger partial charge in [0.05, 0.1) is 26.4 Å². The van der Waals surface area contributed by atoms with Gasteiger partial charge < -0.3 is 33.8 Å². The maximum absolute atomic E-state index is 13.1. The van der Waals surface area contributed by atoms with Gasteiger partial charge >= 0.3 is 39.5 Å². The second-order valence-corrected chi connectivity index (χ2v) is 35.0. The minimum absolute atomic E-state index is 0.107. The fourth-order valence-corrected chi connectivity index (χ4v) is 14.9. The van der Waals surface area contributed by atoms with Gasteiger partial charge in [-0.2, -0.15) is 0 Å². The fraction of sp³-hybridized carbons (Fsp3) is 0.953. The number of phosphoric acid groups is 2. The molecule has 0 bridgehead atoms. The first-order valence-electron chi connectivity index (χ1n) is 44.4. The molecule has 0 amide bonds. The van der Waals surface area contributed by atoms with E-state index in [1.165, 1.54) is 263 Å². The highest BCUT2D eigenvalue weighted by molar-refractivity contribution is 7.47. The van der Waals surface area contributed by atoms with Crippen molar-refractivity contribution in [3.63, 3.8) is 0 Å². The molecule has 0 radical (unpaired) electrons. The van der Waals surface area contributed by atoms with E-state index in [4.69, 9.17) is 37.0 Å². The number of hydrogen-bond acceptors (Lipinski definition) is 15. The molecule has 0 aromatic heterocycles. The Kier molecular flexibility index (Phi) is 74.7. The molecular weight excluding hydrogens is 1370 g/mol. The molecule has 0 aliphatic carbocycles. The second kappa shape index (κ2) is 76.1. The van der Waals surface area contributed by atoms with Crippen LogP contribution in [0.2, 0.25) is 0 Å². The minimum atomic E-state index is -4.97. The maximum Gasteiger partial charge on any atom is 0.472 e. The molecule has 3 unspecified atom stereocenters. The zero-order valence-corrected chi connectivity index (χ0v) is 71.0. The van der Waals surface area contributed by atoms with Crippen molar-refractivity contribution in [1.82, 2.24) is 0 Å². The number of aliphatic hydroxyl groups excluding tert-OH is 1.